The van der Waals surface area contributed by atoms with Crippen LogP contribution in [0.4, 0.5) is 0 Å². The Balaban J connectivity index is 3.05. The molecule has 1 aromatic carbocycles. The molecule has 5 nitrogen and oxygen atoms in total. The van der Waals surface area contributed by atoms with Crippen LogP contribution >= 0.6 is 0 Å². The molecule has 1 rings (SSSR count). The fourth-order valence-electron chi connectivity index (χ4n) is 1.48. The molecule has 1 aromatic rings. The lowest BCUT2D eigenvalue weighted by molar-refractivity contribution is -0.151. The van der Waals surface area contributed by atoms with Gasteiger partial charge in [0.1, 0.15) is 5.92 Å². The molecule has 0 spiro atoms. The Labute approximate surface area is 97.7 Å². The molecular formula is C12H12O5. The third-order valence-corrected chi connectivity index (χ3v) is 2.50. The molecule has 0 heterocycles. The molecule has 0 aromatic heterocycles. The van der Waals surface area contributed by atoms with Gasteiger partial charge in [0.25, 0.3) is 0 Å². The molecule has 0 radical (unpaired) electrons. The van der Waals surface area contributed by atoms with Gasteiger partial charge in [-0.2, -0.15) is 0 Å². The van der Waals surface area contributed by atoms with Crippen molar-refractivity contribution in [2.75, 3.05) is 0 Å². The number of ketones is 1. The highest BCUT2D eigenvalue weighted by molar-refractivity contribution is 6.10. The molecule has 2 N–H and O–H groups in total. The largest absolute Gasteiger partial charge is 0.481 e. The summed E-state index contributed by atoms with van der Waals surface area (Å²) in [6.07, 6.45) is 0. The summed E-state index contributed by atoms with van der Waals surface area (Å²) in [6.45, 7) is 1.21. The summed E-state index contributed by atoms with van der Waals surface area (Å²) in [7, 11) is 0. The lowest BCUT2D eigenvalue weighted by Gasteiger charge is -2.15. The minimum atomic E-state index is -1.56. The molecular weight excluding hydrogens is 224 g/mol. The fourth-order valence-corrected chi connectivity index (χ4v) is 1.48. The molecule has 0 bridgehead atoms. The van der Waals surface area contributed by atoms with E-state index in [9.17, 15) is 14.4 Å². The van der Waals surface area contributed by atoms with Gasteiger partial charge in [-0.25, -0.2) is 0 Å². The van der Waals surface area contributed by atoms with Crippen molar-refractivity contribution in [2.24, 2.45) is 11.8 Å². The molecule has 0 aliphatic rings. The second-order valence-electron chi connectivity index (χ2n) is 3.67. The smallest absolute Gasteiger partial charge is 0.315 e. The number of aliphatic carboxylic acids is 2. The molecule has 2 unspecified atom stereocenters. The number of rotatable bonds is 5. The van der Waals surface area contributed by atoms with Crippen LogP contribution in [0.5, 0.6) is 0 Å². The van der Waals surface area contributed by atoms with Crippen LogP contribution in [0.15, 0.2) is 30.3 Å². The molecule has 5 heteroatoms. The second-order valence-corrected chi connectivity index (χ2v) is 3.67. The number of Topliss-reactive ketones (excluding diaryl/α,β-unsaturated/α-hetero) is 1. The molecule has 0 fully saturated rings. The predicted molar refractivity (Wildman–Crippen MR) is 58.7 cm³/mol. The molecule has 0 aliphatic carbocycles. The number of carbonyl (C=O) groups excluding carboxylic acids is 1. The second kappa shape index (κ2) is 5.25. The fraction of sp³-hybridized carbons (Fsp3) is 0.250. The molecule has 90 valence electrons. The first-order valence-electron chi connectivity index (χ1n) is 5.00. The van der Waals surface area contributed by atoms with Crippen LogP contribution < -0.4 is 0 Å². The highest BCUT2D eigenvalue weighted by Gasteiger charge is 2.36. The van der Waals surface area contributed by atoms with E-state index in [-0.39, 0.29) is 5.56 Å². The van der Waals surface area contributed by atoms with E-state index in [2.05, 4.69) is 0 Å². The lowest BCUT2D eigenvalue weighted by atomic mass is 9.87. The Bertz CT molecular complexity index is 437. The number of carbonyl (C=O) groups is 3. The van der Waals surface area contributed by atoms with Crippen molar-refractivity contribution in [2.45, 2.75) is 6.92 Å². The van der Waals surface area contributed by atoms with Gasteiger partial charge < -0.3 is 10.2 Å². The zero-order valence-electron chi connectivity index (χ0n) is 9.16. The Morgan fingerprint density at radius 2 is 1.53 bits per heavy atom. The van der Waals surface area contributed by atoms with Gasteiger partial charge in [-0.15, -0.1) is 0 Å². The highest BCUT2D eigenvalue weighted by Crippen LogP contribution is 2.18. The zero-order valence-corrected chi connectivity index (χ0v) is 9.16. The van der Waals surface area contributed by atoms with Crippen LogP contribution in [-0.2, 0) is 9.59 Å². The predicted octanol–water partition coefficient (Wildman–Crippen LogP) is 1.29. The first-order chi connectivity index (χ1) is 7.95. The average Bonchev–Trinajstić information content (AvgIpc) is 2.29. The summed E-state index contributed by atoms with van der Waals surface area (Å²) >= 11 is 0. The summed E-state index contributed by atoms with van der Waals surface area (Å²) in [5, 5.41) is 17.7. The van der Waals surface area contributed by atoms with Gasteiger partial charge in [-0.3, -0.25) is 14.4 Å². The van der Waals surface area contributed by atoms with Crippen molar-refractivity contribution >= 4 is 17.7 Å². The highest BCUT2D eigenvalue weighted by atomic mass is 16.4. The third-order valence-electron chi connectivity index (χ3n) is 2.50. The van der Waals surface area contributed by atoms with E-state index in [1.165, 1.54) is 19.1 Å². The molecule has 0 saturated heterocycles. The minimum Gasteiger partial charge on any atom is -0.481 e. The number of carboxylic acids is 2. The summed E-state index contributed by atoms with van der Waals surface area (Å²) in [6, 6.07) is 7.81. The maximum absolute atomic E-state index is 11.9. The Morgan fingerprint density at radius 3 is 1.94 bits per heavy atom. The lowest BCUT2D eigenvalue weighted by Crippen LogP contribution is -2.34. The van der Waals surface area contributed by atoms with E-state index in [4.69, 9.17) is 10.2 Å². The van der Waals surface area contributed by atoms with Gasteiger partial charge >= 0.3 is 11.9 Å². The van der Waals surface area contributed by atoms with Gasteiger partial charge in [0.05, 0.1) is 5.92 Å². The van der Waals surface area contributed by atoms with Gasteiger partial charge in [0.2, 0.25) is 0 Å². The number of benzene rings is 1. The van der Waals surface area contributed by atoms with Crippen LogP contribution in [0.3, 0.4) is 0 Å². The average molecular weight is 236 g/mol. The SMILES string of the molecule is CC(C(=O)O)C(C(=O)O)C(=O)c1ccccc1. The van der Waals surface area contributed by atoms with Gasteiger partial charge in [-0.05, 0) is 0 Å². The maximum atomic E-state index is 11.9. The van der Waals surface area contributed by atoms with Crippen LogP contribution in [0, 0.1) is 11.8 Å². The number of carboxylic acid groups (broad SMARTS) is 2. The van der Waals surface area contributed by atoms with Crippen molar-refractivity contribution in [3.63, 3.8) is 0 Å². The first kappa shape index (κ1) is 12.9. The van der Waals surface area contributed by atoms with E-state index in [1.807, 2.05) is 0 Å². The van der Waals surface area contributed by atoms with E-state index in [1.54, 1.807) is 18.2 Å². The van der Waals surface area contributed by atoms with Crippen LogP contribution in [0.1, 0.15) is 17.3 Å². The van der Waals surface area contributed by atoms with E-state index < -0.39 is 29.6 Å². The topological polar surface area (TPSA) is 91.7 Å². The standard InChI is InChI=1S/C12H12O5/c1-7(11(14)15)9(12(16)17)10(13)8-5-3-2-4-6-8/h2-7,9H,1H3,(H,14,15)(H,16,17). The van der Waals surface area contributed by atoms with Gasteiger partial charge in [0, 0.05) is 5.56 Å². The molecule has 0 aliphatic heterocycles. The monoisotopic (exact) mass is 236 g/mol. The molecule has 17 heavy (non-hydrogen) atoms. The molecule has 0 saturated carbocycles. The minimum absolute atomic E-state index is 0.202. The quantitative estimate of drug-likeness (QED) is 0.593. The van der Waals surface area contributed by atoms with Gasteiger partial charge in [-0.1, -0.05) is 37.3 Å². The zero-order chi connectivity index (χ0) is 13.0. The van der Waals surface area contributed by atoms with E-state index in [0.717, 1.165) is 0 Å². The van der Waals surface area contributed by atoms with Crippen molar-refractivity contribution < 1.29 is 24.6 Å². The molecule has 0 amide bonds. The van der Waals surface area contributed by atoms with Crippen molar-refractivity contribution in [3.8, 4) is 0 Å². The van der Waals surface area contributed by atoms with Crippen LogP contribution in [0.2, 0.25) is 0 Å². The summed E-state index contributed by atoms with van der Waals surface area (Å²) in [5.74, 6) is -6.24. The first-order valence-corrected chi connectivity index (χ1v) is 5.00. The van der Waals surface area contributed by atoms with Crippen LogP contribution in [0.25, 0.3) is 0 Å². The van der Waals surface area contributed by atoms with Crippen molar-refractivity contribution in [1.82, 2.24) is 0 Å². The van der Waals surface area contributed by atoms with Gasteiger partial charge in [0.15, 0.2) is 5.78 Å². The summed E-state index contributed by atoms with van der Waals surface area (Å²) < 4.78 is 0. The Kier molecular flexibility index (Phi) is 3.98. The van der Waals surface area contributed by atoms with E-state index >= 15 is 0 Å². The number of hydrogen-bond acceptors (Lipinski definition) is 3. The summed E-state index contributed by atoms with van der Waals surface area (Å²) in [4.78, 5) is 33.6. The molecule has 2 atom stereocenters. The Morgan fingerprint density at radius 1 is 1.00 bits per heavy atom. The third kappa shape index (κ3) is 2.90. The van der Waals surface area contributed by atoms with Crippen molar-refractivity contribution in [3.05, 3.63) is 35.9 Å². The van der Waals surface area contributed by atoms with Crippen molar-refractivity contribution in [1.29, 1.82) is 0 Å². The summed E-state index contributed by atoms with van der Waals surface area (Å²) in [5.41, 5.74) is 0.202. The number of hydrogen-bond donors (Lipinski definition) is 2. The Hall–Kier alpha value is -2.17. The van der Waals surface area contributed by atoms with Crippen LogP contribution in [-0.4, -0.2) is 27.9 Å². The van der Waals surface area contributed by atoms with E-state index in [0.29, 0.717) is 0 Å². The normalized spacial score (nSPS) is 13.7. The maximum Gasteiger partial charge on any atom is 0.315 e.